The minimum atomic E-state index is -0.227. The van der Waals surface area contributed by atoms with Crippen LogP contribution in [-0.2, 0) is 17.8 Å². The lowest BCUT2D eigenvalue weighted by Crippen LogP contribution is -2.29. The molecule has 0 N–H and O–H groups in total. The van der Waals surface area contributed by atoms with Crippen LogP contribution in [0.1, 0.15) is 23.1 Å². The van der Waals surface area contributed by atoms with Gasteiger partial charge in [0.1, 0.15) is 0 Å². The smallest absolute Gasteiger partial charge is 0.293 e. The van der Waals surface area contributed by atoms with Gasteiger partial charge in [0.15, 0.2) is 0 Å². The number of halogens is 2. The SMILES string of the molecule is O=C1S/C(=C/c2cn(Cc3ccc(Cl)c(Cl)c3)c3ccccc23)C(=O)N1CCCc1ccccc1. The van der Waals surface area contributed by atoms with Crippen molar-refractivity contribution >= 4 is 63.1 Å². The van der Waals surface area contributed by atoms with Crippen molar-refractivity contribution in [2.45, 2.75) is 19.4 Å². The van der Waals surface area contributed by atoms with E-state index < -0.39 is 0 Å². The first-order valence-electron chi connectivity index (χ1n) is 11.3. The Morgan fingerprint density at radius 1 is 0.857 bits per heavy atom. The summed E-state index contributed by atoms with van der Waals surface area (Å²) in [5.74, 6) is -0.227. The summed E-state index contributed by atoms with van der Waals surface area (Å²) in [6, 6.07) is 23.7. The Kier molecular flexibility index (Phi) is 7.00. The highest BCUT2D eigenvalue weighted by molar-refractivity contribution is 8.18. The number of aromatic nitrogens is 1. The summed E-state index contributed by atoms with van der Waals surface area (Å²) in [5.41, 5.74) is 4.15. The number of benzene rings is 3. The second kappa shape index (κ2) is 10.3. The number of rotatable bonds is 7. The number of carbonyl (C=O) groups excluding carboxylic acids is 2. The van der Waals surface area contributed by atoms with E-state index in [1.54, 1.807) is 6.07 Å². The molecule has 3 aromatic carbocycles. The highest BCUT2D eigenvalue weighted by atomic mass is 35.5. The lowest BCUT2D eigenvalue weighted by atomic mass is 10.1. The number of carbonyl (C=O) groups is 2. The van der Waals surface area contributed by atoms with Gasteiger partial charge in [0, 0.05) is 35.8 Å². The van der Waals surface area contributed by atoms with Crippen molar-refractivity contribution in [3.05, 3.63) is 111 Å². The van der Waals surface area contributed by atoms with Gasteiger partial charge >= 0.3 is 0 Å². The molecule has 0 atom stereocenters. The second-order valence-corrected chi connectivity index (χ2v) is 10.2. The molecular formula is C28H22Cl2N2O2S. The largest absolute Gasteiger partial charge is 0.342 e. The number of nitrogens with zero attached hydrogens (tertiary/aromatic N) is 2. The first-order chi connectivity index (χ1) is 17.0. The maximum Gasteiger partial charge on any atom is 0.293 e. The highest BCUT2D eigenvalue weighted by Crippen LogP contribution is 2.34. The molecule has 0 radical (unpaired) electrons. The molecule has 0 saturated carbocycles. The Bertz CT molecular complexity index is 1450. The quantitative estimate of drug-likeness (QED) is 0.235. The molecule has 176 valence electrons. The normalized spacial score (nSPS) is 15.0. The van der Waals surface area contributed by atoms with Crippen molar-refractivity contribution in [2.24, 2.45) is 0 Å². The molecule has 35 heavy (non-hydrogen) atoms. The first kappa shape index (κ1) is 23.7. The molecule has 0 spiro atoms. The summed E-state index contributed by atoms with van der Waals surface area (Å²) in [4.78, 5) is 27.5. The van der Waals surface area contributed by atoms with E-state index >= 15 is 0 Å². The van der Waals surface area contributed by atoms with Gasteiger partial charge in [-0.3, -0.25) is 14.5 Å². The van der Waals surface area contributed by atoms with E-state index in [2.05, 4.69) is 16.7 Å². The molecule has 0 unspecified atom stereocenters. The first-order valence-corrected chi connectivity index (χ1v) is 12.9. The molecule has 4 nitrogen and oxygen atoms in total. The van der Waals surface area contributed by atoms with Gasteiger partial charge in [-0.2, -0.15) is 0 Å². The molecule has 1 aliphatic rings. The van der Waals surface area contributed by atoms with E-state index in [9.17, 15) is 9.59 Å². The van der Waals surface area contributed by atoms with Crippen LogP contribution >= 0.6 is 35.0 Å². The van der Waals surface area contributed by atoms with Gasteiger partial charge in [-0.1, -0.05) is 77.8 Å². The van der Waals surface area contributed by atoms with Crippen LogP contribution in [0.15, 0.2) is 83.9 Å². The van der Waals surface area contributed by atoms with E-state index in [1.807, 2.05) is 66.9 Å². The molecule has 1 saturated heterocycles. The molecule has 0 bridgehead atoms. The van der Waals surface area contributed by atoms with Gasteiger partial charge in [-0.25, -0.2) is 0 Å². The van der Waals surface area contributed by atoms with Crippen LogP contribution in [0.3, 0.4) is 0 Å². The van der Waals surface area contributed by atoms with Crippen molar-refractivity contribution < 1.29 is 9.59 Å². The summed E-state index contributed by atoms with van der Waals surface area (Å²) < 4.78 is 2.12. The summed E-state index contributed by atoms with van der Waals surface area (Å²) >= 11 is 13.3. The number of aryl methyl sites for hydroxylation is 1. The fraction of sp³-hybridized carbons (Fsp3) is 0.143. The summed E-state index contributed by atoms with van der Waals surface area (Å²) in [6.45, 7) is 1.02. The van der Waals surface area contributed by atoms with Crippen LogP contribution in [0.25, 0.3) is 17.0 Å². The third-order valence-corrected chi connectivity index (χ3v) is 7.65. The van der Waals surface area contributed by atoms with E-state index in [4.69, 9.17) is 23.2 Å². The van der Waals surface area contributed by atoms with Gasteiger partial charge in [0.05, 0.1) is 15.0 Å². The molecule has 1 fully saturated rings. The minimum absolute atomic E-state index is 0.214. The summed E-state index contributed by atoms with van der Waals surface area (Å²) in [6.07, 6.45) is 5.40. The molecule has 2 heterocycles. The fourth-order valence-corrected chi connectivity index (χ4v) is 5.45. The maximum atomic E-state index is 13.0. The Morgan fingerprint density at radius 3 is 2.43 bits per heavy atom. The number of thioether (sulfide) groups is 1. The number of hydrogen-bond donors (Lipinski definition) is 0. The van der Waals surface area contributed by atoms with Crippen LogP contribution in [0, 0.1) is 0 Å². The maximum absolute atomic E-state index is 13.0. The van der Waals surface area contributed by atoms with E-state index in [1.165, 1.54) is 10.5 Å². The summed E-state index contributed by atoms with van der Waals surface area (Å²) in [7, 11) is 0. The zero-order valence-electron chi connectivity index (χ0n) is 18.8. The Labute approximate surface area is 218 Å². The second-order valence-electron chi connectivity index (χ2n) is 8.40. The highest BCUT2D eigenvalue weighted by Gasteiger charge is 2.34. The van der Waals surface area contributed by atoms with Crippen molar-refractivity contribution in [1.82, 2.24) is 9.47 Å². The third kappa shape index (κ3) is 5.18. The molecule has 2 amide bonds. The number of para-hydroxylation sites is 1. The fourth-order valence-electron chi connectivity index (χ4n) is 4.28. The van der Waals surface area contributed by atoms with Crippen molar-refractivity contribution in [1.29, 1.82) is 0 Å². The van der Waals surface area contributed by atoms with Gasteiger partial charge in [-0.15, -0.1) is 0 Å². The van der Waals surface area contributed by atoms with Gasteiger partial charge in [0.2, 0.25) is 0 Å². The molecule has 1 aromatic heterocycles. The monoisotopic (exact) mass is 520 g/mol. The zero-order chi connectivity index (χ0) is 24.4. The minimum Gasteiger partial charge on any atom is -0.342 e. The Balaban J connectivity index is 1.37. The number of amides is 2. The van der Waals surface area contributed by atoms with E-state index in [-0.39, 0.29) is 11.1 Å². The predicted molar refractivity (Wildman–Crippen MR) is 145 cm³/mol. The Morgan fingerprint density at radius 2 is 1.63 bits per heavy atom. The number of hydrogen-bond acceptors (Lipinski definition) is 3. The Hall–Kier alpha value is -2.99. The molecule has 4 aromatic rings. The number of fused-ring (bicyclic) bond motifs is 1. The van der Waals surface area contributed by atoms with Crippen molar-refractivity contribution in [3.8, 4) is 0 Å². The lowest BCUT2D eigenvalue weighted by molar-refractivity contribution is -0.122. The van der Waals surface area contributed by atoms with Crippen LogP contribution in [0.4, 0.5) is 4.79 Å². The molecule has 1 aliphatic heterocycles. The van der Waals surface area contributed by atoms with E-state index in [0.717, 1.165) is 46.6 Å². The molecule has 0 aliphatic carbocycles. The van der Waals surface area contributed by atoms with Crippen LogP contribution in [0.2, 0.25) is 10.0 Å². The number of imide groups is 1. The standard InChI is InChI=1S/C28H22Cl2N2O2S/c29-23-13-12-20(15-24(23)30)17-31-18-21(22-10-4-5-11-25(22)31)16-26-27(33)32(28(34)35-26)14-6-9-19-7-2-1-3-8-19/h1-5,7-8,10-13,15-16,18H,6,9,14,17H2/b26-16+. The molecule has 5 rings (SSSR count). The van der Waals surface area contributed by atoms with Crippen molar-refractivity contribution in [2.75, 3.05) is 6.54 Å². The average Bonchev–Trinajstić information content (AvgIpc) is 3.34. The van der Waals surface area contributed by atoms with E-state index in [0.29, 0.717) is 28.0 Å². The van der Waals surface area contributed by atoms with Crippen molar-refractivity contribution in [3.63, 3.8) is 0 Å². The van der Waals surface area contributed by atoms with Gasteiger partial charge in [0.25, 0.3) is 11.1 Å². The predicted octanol–water partition coefficient (Wildman–Crippen LogP) is 7.67. The topological polar surface area (TPSA) is 42.3 Å². The zero-order valence-corrected chi connectivity index (χ0v) is 21.1. The van der Waals surface area contributed by atoms with Crippen LogP contribution in [0.5, 0.6) is 0 Å². The summed E-state index contributed by atoms with van der Waals surface area (Å²) in [5, 5.41) is 1.84. The van der Waals surface area contributed by atoms with Crippen LogP contribution in [-0.4, -0.2) is 27.2 Å². The molecular weight excluding hydrogens is 499 g/mol. The third-order valence-electron chi connectivity index (χ3n) is 6.01. The lowest BCUT2D eigenvalue weighted by Gasteiger charge is -2.12. The molecule has 7 heteroatoms. The van der Waals surface area contributed by atoms with Crippen LogP contribution < -0.4 is 0 Å². The van der Waals surface area contributed by atoms with Gasteiger partial charge in [-0.05, 0) is 60.0 Å². The average molecular weight is 521 g/mol. The van der Waals surface area contributed by atoms with Gasteiger partial charge < -0.3 is 4.57 Å².